The third-order valence-electron chi connectivity index (χ3n) is 5.37. The highest BCUT2D eigenvalue weighted by atomic mass is 32.1. The summed E-state index contributed by atoms with van der Waals surface area (Å²) >= 11 is 2.86. The minimum atomic E-state index is -0.269. The van der Waals surface area contributed by atoms with Crippen LogP contribution in [-0.4, -0.2) is 20.3 Å². The van der Waals surface area contributed by atoms with Crippen molar-refractivity contribution >= 4 is 60.3 Å². The van der Waals surface area contributed by atoms with Crippen molar-refractivity contribution in [2.75, 3.05) is 5.32 Å². The van der Waals surface area contributed by atoms with Gasteiger partial charge >= 0.3 is 0 Å². The van der Waals surface area contributed by atoms with Gasteiger partial charge in [0.25, 0.3) is 11.5 Å². The fourth-order valence-electron chi connectivity index (χ4n) is 3.70. The molecule has 8 heteroatoms. The summed E-state index contributed by atoms with van der Waals surface area (Å²) in [5.74, 6) is -0.269. The molecule has 6 aromatic rings. The third kappa shape index (κ3) is 3.49. The number of aromatic nitrogens is 3. The normalized spacial score (nSPS) is 11.4. The molecule has 0 aliphatic rings. The van der Waals surface area contributed by atoms with E-state index >= 15 is 0 Å². The Balaban J connectivity index is 1.27. The maximum Gasteiger partial charge on any atom is 0.266 e. The smallest absolute Gasteiger partial charge is 0.266 e. The minimum Gasteiger partial charge on any atom is -0.321 e. The highest BCUT2D eigenvalue weighted by molar-refractivity contribution is 7.21. The summed E-state index contributed by atoms with van der Waals surface area (Å²) in [6.07, 6.45) is 1.68. The van der Waals surface area contributed by atoms with Gasteiger partial charge in [-0.1, -0.05) is 12.1 Å². The van der Waals surface area contributed by atoms with Crippen LogP contribution < -0.4 is 10.9 Å². The van der Waals surface area contributed by atoms with E-state index in [1.54, 1.807) is 35.7 Å². The van der Waals surface area contributed by atoms with E-state index in [0.717, 1.165) is 20.8 Å². The number of carbonyl (C=O) groups excluding carboxylic acids is 1. The zero-order chi connectivity index (χ0) is 22.5. The van der Waals surface area contributed by atoms with Gasteiger partial charge in [-0.05, 0) is 67.1 Å². The Hall–Kier alpha value is -3.88. The zero-order valence-corrected chi connectivity index (χ0v) is 19.0. The molecule has 0 bridgehead atoms. The van der Waals surface area contributed by atoms with Crippen molar-refractivity contribution in [3.63, 3.8) is 0 Å². The molecule has 0 aliphatic heterocycles. The molecule has 4 aromatic heterocycles. The average Bonchev–Trinajstić information content (AvgIpc) is 3.44. The molecule has 0 spiro atoms. The highest BCUT2D eigenvalue weighted by Gasteiger charge is 2.15. The van der Waals surface area contributed by atoms with Crippen molar-refractivity contribution in [1.29, 1.82) is 0 Å². The molecule has 0 atom stereocenters. The maximum absolute atomic E-state index is 12.8. The van der Waals surface area contributed by atoms with Crippen molar-refractivity contribution in [3.8, 4) is 10.6 Å². The SMILES string of the molecule is Cc1ccc2nc(-c3ccc(NC(=O)c4cc5c(=O)n6ccccc6nc5s4)cc3)sc2c1. The number of pyridine rings is 1. The third-order valence-corrected chi connectivity index (χ3v) is 7.47. The van der Waals surface area contributed by atoms with Crippen LogP contribution in [0, 0.1) is 6.92 Å². The molecule has 33 heavy (non-hydrogen) atoms. The first kappa shape index (κ1) is 19.8. The van der Waals surface area contributed by atoms with Crippen molar-refractivity contribution in [2.45, 2.75) is 6.92 Å². The molecule has 4 heterocycles. The number of amides is 1. The number of nitrogens with zero attached hydrogens (tertiary/aromatic N) is 3. The van der Waals surface area contributed by atoms with Gasteiger partial charge in [-0.25, -0.2) is 9.97 Å². The number of rotatable bonds is 3. The van der Waals surface area contributed by atoms with E-state index < -0.39 is 0 Å². The number of thiophene rings is 1. The Morgan fingerprint density at radius 2 is 1.82 bits per heavy atom. The fourth-order valence-corrected chi connectivity index (χ4v) is 5.70. The Bertz CT molecular complexity index is 1750. The van der Waals surface area contributed by atoms with Crippen LogP contribution in [0.25, 0.3) is 36.7 Å². The summed E-state index contributed by atoms with van der Waals surface area (Å²) in [6.45, 7) is 2.07. The summed E-state index contributed by atoms with van der Waals surface area (Å²) in [4.78, 5) is 35.8. The first-order chi connectivity index (χ1) is 16.0. The number of fused-ring (bicyclic) bond motifs is 3. The van der Waals surface area contributed by atoms with E-state index in [4.69, 9.17) is 4.98 Å². The largest absolute Gasteiger partial charge is 0.321 e. The van der Waals surface area contributed by atoms with Gasteiger partial charge in [0, 0.05) is 17.4 Å². The Labute approximate surface area is 195 Å². The number of nitrogens with one attached hydrogen (secondary N) is 1. The van der Waals surface area contributed by atoms with Crippen LogP contribution in [0.3, 0.4) is 0 Å². The minimum absolute atomic E-state index is 0.179. The van der Waals surface area contributed by atoms with Crippen molar-refractivity contribution in [2.24, 2.45) is 0 Å². The van der Waals surface area contributed by atoms with E-state index in [2.05, 4.69) is 29.4 Å². The topological polar surface area (TPSA) is 76.4 Å². The van der Waals surface area contributed by atoms with E-state index in [9.17, 15) is 9.59 Å². The summed E-state index contributed by atoms with van der Waals surface area (Å²) in [7, 11) is 0. The lowest BCUT2D eigenvalue weighted by Crippen LogP contribution is -2.13. The average molecular weight is 469 g/mol. The zero-order valence-electron chi connectivity index (χ0n) is 17.4. The number of benzene rings is 2. The summed E-state index contributed by atoms with van der Waals surface area (Å²) in [5.41, 5.74) is 4.25. The summed E-state index contributed by atoms with van der Waals surface area (Å²) < 4.78 is 2.64. The van der Waals surface area contributed by atoms with Gasteiger partial charge in [0.15, 0.2) is 0 Å². The molecule has 160 valence electrons. The van der Waals surface area contributed by atoms with Crippen LogP contribution in [0.15, 0.2) is 77.7 Å². The van der Waals surface area contributed by atoms with Gasteiger partial charge in [-0.2, -0.15) is 0 Å². The second-order valence-corrected chi connectivity index (χ2v) is 9.76. The van der Waals surface area contributed by atoms with Gasteiger partial charge in [0.05, 0.1) is 20.5 Å². The molecule has 0 saturated carbocycles. The van der Waals surface area contributed by atoms with E-state index in [-0.39, 0.29) is 11.5 Å². The quantitative estimate of drug-likeness (QED) is 0.359. The Kier molecular flexibility index (Phi) is 4.56. The molecular formula is C25H16N4O2S2. The van der Waals surface area contributed by atoms with Crippen molar-refractivity contribution in [3.05, 3.63) is 93.7 Å². The first-order valence-electron chi connectivity index (χ1n) is 10.3. The lowest BCUT2D eigenvalue weighted by molar-refractivity contribution is 0.103. The maximum atomic E-state index is 12.8. The Morgan fingerprint density at radius 1 is 0.970 bits per heavy atom. The molecule has 1 N–H and O–H groups in total. The summed E-state index contributed by atoms with van der Waals surface area (Å²) in [6, 6.07) is 20.8. The van der Waals surface area contributed by atoms with Gasteiger partial charge in [-0.15, -0.1) is 22.7 Å². The van der Waals surface area contributed by atoms with Crippen LogP contribution in [0.4, 0.5) is 5.69 Å². The van der Waals surface area contributed by atoms with Crippen LogP contribution >= 0.6 is 22.7 Å². The second-order valence-electron chi connectivity index (χ2n) is 7.70. The molecule has 0 fully saturated rings. The van der Waals surface area contributed by atoms with Gasteiger partial charge < -0.3 is 5.32 Å². The molecule has 1 amide bonds. The predicted octanol–water partition coefficient (Wildman–Crippen LogP) is 5.75. The van der Waals surface area contributed by atoms with Crippen molar-refractivity contribution in [1.82, 2.24) is 14.4 Å². The fraction of sp³-hybridized carbons (Fsp3) is 0.0400. The molecule has 6 nitrogen and oxygen atoms in total. The van der Waals surface area contributed by atoms with E-state index in [0.29, 0.717) is 26.4 Å². The predicted molar refractivity (Wildman–Crippen MR) is 135 cm³/mol. The van der Waals surface area contributed by atoms with Gasteiger partial charge in [0.2, 0.25) is 0 Å². The summed E-state index contributed by atoms with van der Waals surface area (Å²) in [5, 5.41) is 4.29. The molecule has 6 rings (SSSR count). The van der Waals surface area contributed by atoms with Crippen LogP contribution in [-0.2, 0) is 0 Å². The number of hydrogen-bond acceptors (Lipinski definition) is 6. The van der Waals surface area contributed by atoms with Gasteiger partial charge in [-0.3, -0.25) is 14.0 Å². The monoisotopic (exact) mass is 468 g/mol. The molecular weight excluding hydrogens is 452 g/mol. The first-order valence-corrected chi connectivity index (χ1v) is 11.9. The van der Waals surface area contributed by atoms with Crippen LogP contribution in [0.1, 0.15) is 15.2 Å². The number of anilines is 1. The van der Waals surface area contributed by atoms with E-state index in [1.807, 2.05) is 36.4 Å². The molecule has 0 radical (unpaired) electrons. The number of hydrogen-bond donors (Lipinski definition) is 1. The van der Waals surface area contributed by atoms with Crippen LogP contribution in [0.2, 0.25) is 0 Å². The van der Waals surface area contributed by atoms with Gasteiger partial charge in [0.1, 0.15) is 15.5 Å². The molecule has 0 saturated heterocycles. The molecule has 0 aliphatic carbocycles. The lowest BCUT2D eigenvalue weighted by Gasteiger charge is -2.04. The second kappa shape index (κ2) is 7.61. The number of thiazole rings is 1. The van der Waals surface area contributed by atoms with Crippen molar-refractivity contribution < 1.29 is 4.79 Å². The van der Waals surface area contributed by atoms with E-state index in [1.165, 1.54) is 21.3 Å². The highest BCUT2D eigenvalue weighted by Crippen LogP contribution is 2.31. The van der Waals surface area contributed by atoms with Crippen LogP contribution in [0.5, 0.6) is 0 Å². The lowest BCUT2D eigenvalue weighted by atomic mass is 10.2. The standard InChI is InChI=1S/C25H16N4O2S2/c1-14-5-10-18-19(12-14)32-23(27-18)15-6-8-16(9-7-15)26-22(30)20-13-17-24(33-20)28-21-4-2-3-11-29(21)25(17)31/h2-13H,1H3,(H,26,30). The Morgan fingerprint density at radius 3 is 2.67 bits per heavy atom. The molecule has 0 unspecified atom stereocenters. The number of aryl methyl sites for hydroxylation is 1. The number of carbonyl (C=O) groups is 1. The molecule has 2 aromatic carbocycles.